The second-order valence-electron chi connectivity index (χ2n) is 3.39. The molecule has 0 bridgehead atoms. The molecule has 1 heterocycles. The molecule has 5 heteroatoms. The van der Waals surface area contributed by atoms with E-state index in [0.717, 1.165) is 11.3 Å². The molecule has 0 atom stereocenters. The fraction of sp³-hybridized carbons (Fsp3) is 0.182. The van der Waals surface area contributed by atoms with Crippen LogP contribution in [0.1, 0.15) is 17.6 Å². The standard InChI is InChI=1S/C11H11F2N3/c12-11(13)9-3-1-2-8(4-9)5-14-10-6-15-16-7-10/h1-4,6-7,11,14H,5H2,(H,15,16). The summed E-state index contributed by atoms with van der Waals surface area (Å²) in [6, 6.07) is 6.36. The van der Waals surface area contributed by atoms with E-state index >= 15 is 0 Å². The number of halogens is 2. The third-order valence-corrected chi connectivity index (χ3v) is 2.20. The van der Waals surface area contributed by atoms with Gasteiger partial charge in [0.05, 0.1) is 11.9 Å². The van der Waals surface area contributed by atoms with Crippen LogP contribution in [0.5, 0.6) is 0 Å². The molecule has 0 aliphatic heterocycles. The summed E-state index contributed by atoms with van der Waals surface area (Å²) in [4.78, 5) is 0. The maximum Gasteiger partial charge on any atom is 0.263 e. The van der Waals surface area contributed by atoms with Crippen molar-refractivity contribution in [1.29, 1.82) is 0 Å². The molecule has 0 aliphatic rings. The Morgan fingerprint density at radius 2 is 2.25 bits per heavy atom. The van der Waals surface area contributed by atoms with Gasteiger partial charge >= 0.3 is 0 Å². The van der Waals surface area contributed by atoms with E-state index in [2.05, 4.69) is 15.5 Å². The SMILES string of the molecule is FC(F)c1cccc(CNc2cn[nH]c2)c1. The number of rotatable bonds is 4. The van der Waals surface area contributed by atoms with Gasteiger partial charge in [-0.25, -0.2) is 8.78 Å². The van der Waals surface area contributed by atoms with Crippen LogP contribution in [0.3, 0.4) is 0 Å². The lowest BCUT2D eigenvalue weighted by molar-refractivity contribution is 0.151. The van der Waals surface area contributed by atoms with E-state index in [1.807, 2.05) is 0 Å². The molecule has 3 nitrogen and oxygen atoms in total. The van der Waals surface area contributed by atoms with Crippen molar-refractivity contribution in [2.45, 2.75) is 13.0 Å². The van der Waals surface area contributed by atoms with Gasteiger partial charge in [-0.3, -0.25) is 5.10 Å². The minimum absolute atomic E-state index is 0.0477. The number of benzene rings is 1. The van der Waals surface area contributed by atoms with Crippen LogP contribution >= 0.6 is 0 Å². The molecule has 0 amide bonds. The first-order valence-electron chi connectivity index (χ1n) is 4.85. The molecule has 2 aromatic rings. The zero-order chi connectivity index (χ0) is 11.4. The van der Waals surface area contributed by atoms with Gasteiger partial charge in [0.2, 0.25) is 0 Å². The number of aromatic amines is 1. The van der Waals surface area contributed by atoms with E-state index in [4.69, 9.17) is 0 Å². The van der Waals surface area contributed by atoms with Crippen molar-refractivity contribution in [3.8, 4) is 0 Å². The fourth-order valence-electron chi connectivity index (χ4n) is 1.39. The van der Waals surface area contributed by atoms with E-state index < -0.39 is 6.43 Å². The average molecular weight is 223 g/mol. The highest BCUT2D eigenvalue weighted by Crippen LogP contribution is 2.19. The fourth-order valence-corrected chi connectivity index (χ4v) is 1.39. The molecule has 0 radical (unpaired) electrons. The van der Waals surface area contributed by atoms with Gasteiger partial charge in [0.15, 0.2) is 0 Å². The van der Waals surface area contributed by atoms with Crippen LogP contribution in [0.2, 0.25) is 0 Å². The molecule has 16 heavy (non-hydrogen) atoms. The van der Waals surface area contributed by atoms with Crippen molar-refractivity contribution in [3.05, 3.63) is 47.8 Å². The Morgan fingerprint density at radius 1 is 1.38 bits per heavy atom. The van der Waals surface area contributed by atoms with Gasteiger partial charge in [-0.2, -0.15) is 5.10 Å². The van der Waals surface area contributed by atoms with E-state index in [1.165, 1.54) is 12.1 Å². The quantitative estimate of drug-likeness (QED) is 0.836. The van der Waals surface area contributed by atoms with E-state index in [1.54, 1.807) is 24.5 Å². The largest absolute Gasteiger partial charge is 0.378 e. The number of hydrogen-bond acceptors (Lipinski definition) is 2. The number of nitrogens with zero attached hydrogens (tertiary/aromatic N) is 1. The first kappa shape index (κ1) is 10.6. The van der Waals surface area contributed by atoms with E-state index in [-0.39, 0.29) is 5.56 Å². The molecule has 1 aromatic carbocycles. The van der Waals surface area contributed by atoms with E-state index in [9.17, 15) is 8.78 Å². The Balaban J connectivity index is 2.01. The highest BCUT2D eigenvalue weighted by atomic mass is 19.3. The summed E-state index contributed by atoms with van der Waals surface area (Å²) >= 11 is 0. The summed E-state index contributed by atoms with van der Waals surface area (Å²) in [5.41, 5.74) is 1.70. The third kappa shape index (κ3) is 2.56. The van der Waals surface area contributed by atoms with Crippen molar-refractivity contribution in [2.75, 3.05) is 5.32 Å². The monoisotopic (exact) mass is 223 g/mol. The van der Waals surface area contributed by atoms with Gasteiger partial charge in [0.25, 0.3) is 6.43 Å². The van der Waals surface area contributed by atoms with Gasteiger partial charge in [-0.1, -0.05) is 18.2 Å². The van der Waals surface area contributed by atoms with Gasteiger partial charge in [-0.15, -0.1) is 0 Å². The van der Waals surface area contributed by atoms with Crippen LogP contribution < -0.4 is 5.32 Å². The lowest BCUT2D eigenvalue weighted by Crippen LogP contribution is -1.99. The minimum atomic E-state index is -2.42. The molecule has 0 saturated carbocycles. The molecule has 0 saturated heterocycles. The normalized spacial score (nSPS) is 10.7. The van der Waals surface area contributed by atoms with Gasteiger partial charge in [0.1, 0.15) is 0 Å². The zero-order valence-electron chi connectivity index (χ0n) is 8.45. The molecule has 2 rings (SSSR count). The number of hydrogen-bond donors (Lipinski definition) is 2. The van der Waals surface area contributed by atoms with Crippen LogP contribution in [-0.2, 0) is 6.54 Å². The second kappa shape index (κ2) is 4.74. The smallest absolute Gasteiger partial charge is 0.263 e. The Hall–Kier alpha value is -1.91. The van der Waals surface area contributed by atoms with Crippen LogP contribution in [0.25, 0.3) is 0 Å². The predicted octanol–water partition coefficient (Wildman–Crippen LogP) is 2.96. The predicted molar refractivity (Wildman–Crippen MR) is 57.3 cm³/mol. The first-order valence-corrected chi connectivity index (χ1v) is 4.85. The number of aromatic nitrogens is 2. The summed E-state index contributed by atoms with van der Waals surface area (Å²) in [7, 11) is 0. The number of nitrogens with one attached hydrogen (secondary N) is 2. The minimum Gasteiger partial charge on any atom is -0.378 e. The van der Waals surface area contributed by atoms with Crippen LogP contribution in [0.4, 0.5) is 14.5 Å². The molecule has 2 N–H and O–H groups in total. The summed E-state index contributed by atoms with van der Waals surface area (Å²) in [6.07, 6.45) is 0.919. The molecule has 84 valence electrons. The van der Waals surface area contributed by atoms with Crippen molar-refractivity contribution in [2.24, 2.45) is 0 Å². The summed E-state index contributed by atoms with van der Waals surface area (Å²) in [6.45, 7) is 0.500. The zero-order valence-corrected chi connectivity index (χ0v) is 8.45. The van der Waals surface area contributed by atoms with Crippen LogP contribution in [-0.4, -0.2) is 10.2 Å². The first-order chi connectivity index (χ1) is 7.75. The van der Waals surface area contributed by atoms with Crippen molar-refractivity contribution in [3.63, 3.8) is 0 Å². The molecule has 0 unspecified atom stereocenters. The number of H-pyrrole nitrogens is 1. The second-order valence-corrected chi connectivity index (χ2v) is 3.39. The van der Waals surface area contributed by atoms with Gasteiger partial charge in [-0.05, 0) is 11.6 Å². The van der Waals surface area contributed by atoms with Crippen LogP contribution in [0, 0.1) is 0 Å². The maximum atomic E-state index is 12.4. The number of anilines is 1. The Labute approximate surface area is 91.5 Å². The topological polar surface area (TPSA) is 40.7 Å². The maximum absolute atomic E-state index is 12.4. The Bertz CT molecular complexity index is 440. The average Bonchev–Trinajstić information content (AvgIpc) is 2.79. The Morgan fingerprint density at radius 3 is 2.94 bits per heavy atom. The molecule has 0 spiro atoms. The van der Waals surface area contributed by atoms with Crippen molar-refractivity contribution < 1.29 is 8.78 Å². The third-order valence-electron chi connectivity index (χ3n) is 2.20. The molecular formula is C11H11F2N3. The van der Waals surface area contributed by atoms with Gasteiger partial charge < -0.3 is 5.32 Å². The highest BCUT2D eigenvalue weighted by Gasteiger charge is 2.06. The van der Waals surface area contributed by atoms with E-state index in [0.29, 0.717) is 6.54 Å². The van der Waals surface area contributed by atoms with Crippen LogP contribution in [0.15, 0.2) is 36.7 Å². The summed E-state index contributed by atoms with van der Waals surface area (Å²) < 4.78 is 24.9. The highest BCUT2D eigenvalue weighted by molar-refractivity contribution is 5.39. The summed E-state index contributed by atoms with van der Waals surface area (Å²) in [5.74, 6) is 0. The Kier molecular flexibility index (Phi) is 3.14. The summed E-state index contributed by atoms with van der Waals surface area (Å²) in [5, 5.41) is 9.50. The molecule has 0 aliphatic carbocycles. The molecule has 1 aromatic heterocycles. The lowest BCUT2D eigenvalue weighted by Gasteiger charge is -2.05. The van der Waals surface area contributed by atoms with Gasteiger partial charge in [0, 0.05) is 18.3 Å². The number of alkyl halides is 2. The molecular weight excluding hydrogens is 212 g/mol. The lowest BCUT2D eigenvalue weighted by atomic mass is 10.1. The molecule has 0 fully saturated rings. The van der Waals surface area contributed by atoms with Crippen molar-refractivity contribution >= 4 is 5.69 Å². The van der Waals surface area contributed by atoms with Crippen molar-refractivity contribution in [1.82, 2.24) is 10.2 Å².